The Kier molecular flexibility index (Phi) is 6.51. The molecule has 0 spiro atoms. The number of aromatic nitrogens is 1. The van der Waals surface area contributed by atoms with Gasteiger partial charge in [-0.25, -0.2) is 0 Å². The summed E-state index contributed by atoms with van der Waals surface area (Å²) in [6.45, 7) is 5.86. The molecule has 2 amide bonds. The minimum absolute atomic E-state index is 0.331. The molecule has 1 heterocycles. The van der Waals surface area contributed by atoms with E-state index in [9.17, 15) is 9.59 Å². The highest BCUT2D eigenvalue weighted by atomic mass is 16.5. The van der Waals surface area contributed by atoms with Crippen molar-refractivity contribution < 1.29 is 14.3 Å². The smallest absolute Gasteiger partial charge is 0.279 e. The second-order valence-electron chi connectivity index (χ2n) is 5.79. The summed E-state index contributed by atoms with van der Waals surface area (Å²) >= 11 is 0. The first-order valence-corrected chi connectivity index (χ1v) is 8.28. The molecule has 132 valence electrons. The SMILES string of the molecule is CCC(C)c1ccccc1OC(C)C(=O)NNC(=O)c1ccncc1. The maximum Gasteiger partial charge on any atom is 0.279 e. The molecule has 6 nitrogen and oxygen atoms in total. The first kappa shape index (κ1) is 18.4. The van der Waals surface area contributed by atoms with Crippen molar-refractivity contribution in [1.29, 1.82) is 0 Å². The fraction of sp³-hybridized carbons (Fsp3) is 0.316. The van der Waals surface area contributed by atoms with Gasteiger partial charge in [0, 0.05) is 18.0 Å². The lowest BCUT2D eigenvalue weighted by molar-refractivity contribution is -0.128. The first-order valence-electron chi connectivity index (χ1n) is 8.28. The topological polar surface area (TPSA) is 80.3 Å². The van der Waals surface area contributed by atoms with Crippen molar-refractivity contribution >= 4 is 11.8 Å². The molecule has 0 saturated heterocycles. The summed E-state index contributed by atoms with van der Waals surface area (Å²) in [4.78, 5) is 27.9. The van der Waals surface area contributed by atoms with Crippen LogP contribution in [0.1, 0.15) is 49.0 Å². The minimum Gasteiger partial charge on any atom is -0.481 e. The fourth-order valence-corrected chi connectivity index (χ4v) is 2.25. The highest BCUT2D eigenvalue weighted by molar-refractivity contribution is 5.95. The molecule has 0 aliphatic rings. The van der Waals surface area contributed by atoms with Crippen LogP contribution in [0.3, 0.4) is 0 Å². The predicted molar refractivity (Wildman–Crippen MR) is 95.1 cm³/mol. The number of nitrogens with one attached hydrogen (secondary N) is 2. The molecule has 2 rings (SSSR count). The molecule has 0 bridgehead atoms. The van der Waals surface area contributed by atoms with Gasteiger partial charge in [0.15, 0.2) is 6.10 Å². The van der Waals surface area contributed by atoms with Crippen LogP contribution in [-0.2, 0) is 4.79 Å². The number of pyridine rings is 1. The first-order chi connectivity index (χ1) is 12.0. The number of carbonyl (C=O) groups is 2. The molecule has 0 radical (unpaired) electrons. The molecule has 2 atom stereocenters. The normalized spacial score (nSPS) is 12.8. The molecule has 2 aromatic rings. The number of benzene rings is 1. The monoisotopic (exact) mass is 341 g/mol. The molecule has 25 heavy (non-hydrogen) atoms. The van der Waals surface area contributed by atoms with Gasteiger partial charge in [-0.05, 0) is 43.0 Å². The number of ether oxygens (including phenoxy) is 1. The van der Waals surface area contributed by atoms with Crippen molar-refractivity contribution in [2.75, 3.05) is 0 Å². The van der Waals surface area contributed by atoms with Gasteiger partial charge in [-0.3, -0.25) is 25.4 Å². The Morgan fingerprint density at radius 2 is 1.76 bits per heavy atom. The average Bonchev–Trinajstić information content (AvgIpc) is 2.66. The summed E-state index contributed by atoms with van der Waals surface area (Å²) in [6, 6.07) is 10.8. The van der Waals surface area contributed by atoms with Gasteiger partial charge in [-0.1, -0.05) is 32.0 Å². The number of hydrogen-bond donors (Lipinski definition) is 2. The summed E-state index contributed by atoms with van der Waals surface area (Å²) < 4.78 is 5.79. The summed E-state index contributed by atoms with van der Waals surface area (Å²) in [5.74, 6) is 0.169. The molecular weight excluding hydrogens is 318 g/mol. The number of nitrogens with zero attached hydrogens (tertiary/aromatic N) is 1. The van der Waals surface area contributed by atoms with Crippen molar-refractivity contribution in [2.24, 2.45) is 0 Å². The summed E-state index contributed by atoms with van der Waals surface area (Å²) in [7, 11) is 0. The highest BCUT2D eigenvalue weighted by Crippen LogP contribution is 2.29. The van der Waals surface area contributed by atoms with E-state index in [1.165, 1.54) is 12.4 Å². The van der Waals surface area contributed by atoms with Gasteiger partial charge >= 0.3 is 0 Å². The van der Waals surface area contributed by atoms with E-state index in [1.54, 1.807) is 19.1 Å². The van der Waals surface area contributed by atoms with Crippen LogP contribution in [0.5, 0.6) is 5.75 Å². The van der Waals surface area contributed by atoms with E-state index in [1.807, 2.05) is 24.3 Å². The highest BCUT2D eigenvalue weighted by Gasteiger charge is 2.18. The van der Waals surface area contributed by atoms with E-state index in [0.717, 1.165) is 12.0 Å². The van der Waals surface area contributed by atoms with E-state index in [0.29, 0.717) is 17.2 Å². The van der Waals surface area contributed by atoms with E-state index in [-0.39, 0.29) is 0 Å². The molecular formula is C19H23N3O3. The summed E-state index contributed by atoms with van der Waals surface area (Å²) in [5, 5.41) is 0. The Bertz CT molecular complexity index is 719. The zero-order chi connectivity index (χ0) is 18.2. The molecule has 2 unspecified atom stereocenters. The molecule has 0 saturated carbocycles. The molecule has 1 aromatic carbocycles. The fourth-order valence-electron chi connectivity index (χ4n) is 2.25. The molecule has 0 aliphatic carbocycles. The van der Waals surface area contributed by atoms with Gasteiger partial charge in [-0.15, -0.1) is 0 Å². The molecule has 0 fully saturated rings. The number of para-hydroxylation sites is 1. The van der Waals surface area contributed by atoms with Crippen molar-refractivity contribution in [3.05, 3.63) is 59.9 Å². The van der Waals surface area contributed by atoms with E-state index < -0.39 is 17.9 Å². The summed E-state index contributed by atoms with van der Waals surface area (Å²) in [6.07, 6.45) is 3.24. The zero-order valence-electron chi connectivity index (χ0n) is 14.7. The van der Waals surface area contributed by atoms with Gasteiger partial charge in [0.2, 0.25) is 0 Å². The second kappa shape index (κ2) is 8.82. The van der Waals surface area contributed by atoms with E-state index in [4.69, 9.17) is 4.74 Å². The number of hydrazine groups is 1. The number of hydrogen-bond acceptors (Lipinski definition) is 4. The van der Waals surface area contributed by atoms with Crippen molar-refractivity contribution in [3.8, 4) is 5.75 Å². The van der Waals surface area contributed by atoms with Crippen LogP contribution in [0.25, 0.3) is 0 Å². The third-order valence-corrected chi connectivity index (χ3v) is 3.98. The van der Waals surface area contributed by atoms with Gasteiger partial charge in [0.1, 0.15) is 5.75 Å². The molecule has 0 aliphatic heterocycles. The van der Waals surface area contributed by atoms with E-state index in [2.05, 4.69) is 29.7 Å². The Hall–Kier alpha value is -2.89. The lowest BCUT2D eigenvalue weighted by Crippen LogP contribution is -2.47. The van der Waals surface area contributed by atoms with Crippen molar-refractivity contribution in [3.63, 3.8) is 0 Å². The number of rotatable bonds is 6. The maximum atomic E-state index is 12.2. The lowest BCUT2D eigenvalue weighted by atomic mass is 9.98. The van der Waals surface area contributed by atoms with Crippen LogP contribution >= 0.6 is 0 Å². The zero-order valence-corrected chi connectivity index (χ0v) is 14.7. The number of amides is 2. The van der Waals surface area contributed by atoms with Crippen LogP contribution in [0.2, 0.25) is 0 Å². The van der Waals surface area contributed by atoms with E-state index >= 15 is 0 Å². The van der Waals surface area contributed by atoms with Gasteiger partial charge in [0.05, 0.1) is 0 Å². The lowest BCUT2D eigenvalue weighted by Gasteiger charge is -2.19. The maximum absolute atomic E-state index is 12.2. The Balaban J connectivity index is 1.94. The Morgan fingerprint density at radius 1 is 1.08 bits per heavy atom. The third kappa shape index (κ3) is 5.04. The van der Waals surface area contributed by atoms with Crippen molar-refractivity contribution in [1.82, 2.24) is 15.8 Å². The Morgan fingerprint density at radius 3 is 2.44 bits per heavy atom. The van der Waals surface area contributed by atoms with Crippen LogP contribution in [0.4, 0.5) is 0 Å². The Labute approximate surface area is 147 Å². The van der Waals surface area contributed by atoms with Crippen molar-refractivity contribution in [2.45, 2.75) is 39.2 Å². The van der Waals surface area contributed by atoms with Crippen LogP contribution in [-0.4, -0.2) is 22.9 Å². The third-order valence-electron chi connectivity index (χ3n) is 3.98. The summed E-state index contributed by atoms with van der Waals surface area (Å²) in [5.41, 5.74) is 6.22. The average molecular weight is 341 g/mol. The van der Waals surface area contributed by atoms with Gasteiger partial charge < -0.3 is 4.74 Å². The van der Waals surface area contributed by atoms with Gasteiger partial charge in [-0.2, -0.15) is 0 Å². The minimum atomic E-state index is -0.747. The molecule has 2 N–H and O–H groups in total. The number of carbonyl (C=O) groups excluding carboxylic acids is 2. The van der Waals surface area contributed by atoms with Crippen LogP contribution < -0.4 is 15.6 Å². The molecule has 1 aromatic heterocycles. The standard InChI is InChI=1S/C19H23N3O3/c1-4-13(2)16-7-5-6-8-17(16)25-14(3)18(23)21-22-19(24)15-9-11-20-12-10-15/h5-14H,4H2,1-3H3,(H,21,23)(H,22,24). The van der Waals surface area contributed by atoms with Crippen LogP contribution in [0, 0.1) is 0 Å². The van der Waals surface area contributed by atoms with Crippen LogP contribution in [0.15, 0.2) is 48.8 Å². The largest absolute Gasteiger partial charge is 0.481 e. The second-order valence-corrected chi connectivity index (χ2v) is 5.79. The quantitative estimate of drug-likeness (QED) is 0.792. The predicted octanol–water partition coefficient (Wildman–Crippen LogP) is 2.82. The van der Waals surface area contributed by atoms with Gasteiger partial charge in [0.25, 0.3) is 11.8 Å². The molecule has 6 heteroatoms.